The molecule has 0 unspecified atom stereocenters. The molecule has 0 spiro atoms. The van der Waals surface area contributed by atoms with Gasteiger partial charge in [0.05, 0.1) is 12.8 Å². The molecule has 0 aromatic rings. The Balaban J connectivity index is -0.000000192. The smallest absolute Gasteiger partial charge is 0.550 e. The van der Waals surface area contributed by atoms with Crippen LogP contribution in [0.15, 0.2) is 0 Å². The molecule has 28 heavy (non-hydrogen) atoms. The van der Waals surface area contributed by atoms with E-state index < -0.39 is 72.7 Å². The fraction of sp³-hybridized carbons (Fsp3) is 0.500. The van der Waals surface area contributed by atoms with E-state index >= 15 is 0 Å². The predicted molar refractivity (Wildman–Crippen MR) is 68.9 cm³/mol. The zero-order valence-corrected chi connectivity index (χ0v) is 16.8. The van der Waals surface area contributed by atoms with Crippen molar-refractivity contribution in [2.45, 2.75) is 36.9 Å². The molecular formula is C12H14LiNaO14. The monoisotopic (exact) mass is 412 g/mol. The summed E-state index contributed by atoms with van der Waals surface area (Å²) in [5.41, 5.74) is -5.60. The maximum absolute atomic E-state index is 10.3. The first-order valence-corrected chi connectivity index (χ1v) is 6.30. The van der Waals surface area contributed by atoms with Crippen LogP contribution in [-0.2, 0) is 28.8 Å². The summed E-state index contributed by atoms with van der Waals surface area (Å²) in [5.74, 6) is -10.7. The van der Waals surface area contributed by atoms with E-state index in [0.29, 0.717) is 0 Å². The van der Waals surface area contributed by atoms with Crippen molar-refractivity contribution in [2.24, 2.45) is 0 Å². The summed E-state index contributed by atoms with van der Waals surface area (Å²) in [6, 6.07) is 0. The molecule has 0 rings (SSSR count). The Hall–Kier alpha value is -1.66. The minimum atomic E-state index is -2.86. The Morgan fingerprint density at radius 1 is 0.607 bits per heavy atom. The second-order valence-corrected chi connectivity index (χ2v) is 4.91. The predicted octanol–water partition coefficient (Wildman–Crippen LogP) is -11.2. The minimum Gasteiger partial charge on any atom is -0.550 e. The summed E-state index contributed by atoms with van der Waals surface area (Å²) in [5, 5.41) is 71.0. The van der Waals surface area contributed by atoms with Gasteiger partial charge in [-0.25, -0.2) is 9.59 Å². The van der Waals surface area contributed by atoms with Crippen molar-refractivity contribution in [1.29, 1.82) is 0 Å². The summed E-state index contributed by atoms with van der Waals surface area (Å²) in [6.45, 7) is 0. The van der Waals surface area contributed by atoms with Gasteiger partial charge in [-0.3, -0.25) is 9.59 Å². The minimum absolute atomic E-state index is 0. The molecular weight excluding hydrogens is 398 g/mol. The summed E-state index contributed by atoms with van der Waals surface area (Å²) >= 11 is 0. The van der Waals surface area contributed by atoms with Gasteiger partial charge in [0, 0.05) is 24.8 Å². The zero-order chi connectivity index (χ0) is 21.3. The molecule has 14 nitrogen and oxygen atoms in total. The number of carboxylic acids is 6. The van der Waals surface area contributed by atoms with Crippen molar-refractivity contribution in [3.05, 3.63) is 0 Å². The van der Waals surface area contributed by atoms with Gasteiger partial charge in [-0.15, -0.1) is 0 Å². The fourth-order valence-corrected chi connectivity index (χ4v) is 1.41. The van der Waals surface area contributed by atoms with Crippen molar-refractivity contribution in [3.8, 4) is 0 Å². The van der Waals surface area contributed by atoms with E-state index in [1.54, 1.807) is 0 Å². The molecule has 0 atom stereocenters. The van der Waals surface area contributed by atoms with Gasteiger partial charge in [0.25, 0.3) is 0 Å². The summed E-state index contributed by atoms with van der Waals surface area (Å²) in [6.07, 6.45) is -4.88. The molecule has 0 saturated heterocycles. The third-order valence-corrected chi connectivity index (χ3v) is 2.56. The molecule has 0 aliphatic heterocycles. The second-order valence-electron chi connectivity index (χ2n) is 4.91. The van der Waals surface area contributed by atoms with Crippen LogP contribution >= 0.6 is 0 Å². The van der Waals surface area contributed by atoms with Crippen molar-refractivity contribution in [1.82, 2.24) is 0 Å². The van der Waals surface area contributed by atoms with Gasteiger partial charge in [-0.05, 0) is 0 Å². The molecule has 0 heterocycles. The Kier molecular flexibility index (Phi) is 17.4. The molecule has 0 saturated carbocycles. The maximum atomic E-state index is 10.3. The summed E-state index contributed by atoms with van der Waals surface area (Å²) < 4.78 is 0. The largest absolute Gasteiger partial charge is 1.00 e. The van der Waals surface area contributed by atoms with Crippen LogP contribution in [0.5, 0.6) is 0 Å². The second kappa shape index (κ2) is 14.4. The van der Waals surface area contributed by atoms with Gasteiger partial charge in [-0.1, -0.05) is 0 Å². The van der Waals surface area contributed by atoms with Crippen LogP contribution in [0.25, 0.3) is 0 Å². The first kappa shape index (κ1) is 33.9. The molecule has 148 valence electrons. The van der Waals surface area contributed by atoms with E-state index in [-0.39, 0.29) is 48.4 Å². The van der Waals surface area contributed by atoms with E-state index in [1.165, 1.54) is 0 Å². The van der Waals surface area contributed by atoms with Crippen LogP contribution in [0, 0.1) is 0 Å². The van der Waals surface area contributed by atoms with E-state index in [0.717, 1.165) is 0 Å². The number of hydrogen-bond acceptors (Lipinski definition) is 10. The normalized spacial score (nSPS) is 10.1. The summed E-state index contributed by atoms with van der Waals surface area (Å²) in [7, 11) is 0. The van der Waals surface area contributed by atoms with Crippen molar-refractivity contribution < 1.29 is 118 Å². The molecule has 0 aliphatic rings. The van der Waals surface area contributed by atoms with Gasteiger partial charge in [0.2, 0.25) is 0 Å². The number of hydrogen-bond donors (Lipinski definition) is 6. The third kappa shape index (κ3) is 14.4. The van der Waals surface area contributed by atoms with Gasteiger partial charge in [0.15, 0.2) is 11.2 Å². The topological polar surface area (TPSA) is 270 Å². The first-order valence-electron chi connectivity index (χ1n) is 6.30. The number of carbonyl (C=O) groups excluding carboxylic acids is 2. The molecule has 0 amide bonds. The van der Waals surface area contributed by atoms with Gasteiger partial charge >= 0.3 is 72.3 Å². The van der Waals surface area contributed by atoms with E-state index in [2.05, 4.69) is 0 Å². The van der Waals surface area contributed by atoms with Crippen LogP contribution in [0.4, 0.5) is 0 Å². The number of rotatable bonds is 10. The van der Waals surface area contributed by atoms with Gasteiger partial charge < -0.3 is 50.4 Å². The van der Waals surface area contributed by atoms with Gasteiger partial charge in [0.1, 0.15) is 0 Å². The SMILES string of the molecule is O=C(O)CC(O)(CC(=O)O)C(=O)O.O=C([O-])CC(O)(CC(=O)[O-])C(=O)O.[Li+].[Na+]. The fourth-order valence-electron chi connectivity index (χ4n) is 1.41. The Morgan fingerprint density at radius 2 is 0.821 bits per heavy atom. The zero-order valence-electron chi connectivity index (χ0n) is 14.8. The Morgan fingerprint density at radius 3 is 0.964 bits per heavy atom. The molecule has 6 N–H and O–H groups in total. The van der Waals surface area contributed by atoms with E-state index in [1.807, 2.05) is 0 Å². The maximum Gasteiger partial charge on any atom is 1.00 e. The van der Waals surface area contributed by atoms with Crippen molar-refractivity contribution >= 4 is 35.8 Å². The quantitative estimate of drug-likeness (QED) is 0.182. The molecule has 0 bridgehead atoms. The average Bonchev–Trinajstić information content (AvgIpc) is 2.34. The number of carboxylic acid groups (broad SMARTS) is 6. The van der Waals surface area contributed by atoms with Crippen LogP contribution in [-0.4, -0.2) is 77.7 Å². The van der Waals surface area contributed by atoms with Gasteiger partial charge in [-0.2, -0.15) is 0 Å². The van der Waals surface area contributed by atoms with Crippen LogP contribution in [0.1, 0.15) is 25.7 Å². The average molecular weight is 412 g/mol. The third-order valence-electron chi connectivity index (χ3n) is 2.56. The number of carbonyl (C=O) groups is 6. The van der Waals surface area contributed by atoms with E-state index in [4.69, 9.17) is 30.6 Å². The molecule has 0 aromatic carbocycles. The summed E-state index contributed by atoms with van der Waals surface area (Å²) in [4.78, 5) is 60.7. The van der Waals surface area contributed by atoms with Crippen LogP contribution in [0.2, 0.25) is 0 Å². The van der Waals surface area contributed by atoms with Crippen molar-refractivity contribution in [3.63, 3.8) is 0 Å². The Bertz CT molecular complexity index is 519. The Labute approximate surface area is 190 Å². The molecule has 16 heteroatoms. The molecule has 0 radical (unpaired) electrons. The standard InChI is InChI=1S/2C6H8O7.Li.Na/c2*7-3(8)1-6(13,5(11)12)2-4(9)10;;/h2*13H,1-2H2,(H,7,8)(H,9,10)(H,11,12);;/q;;2*+1/p-2. The van der Waals surface area contributed by atoms with Crippen molar-refractivity contribution in [2.75, 3.05) is 0 Å². The van der Waals surface area contributed by atoms with Crippen LogP contribution < -0.4 is 58.6 Å². The molecule has 0 fully saturated rings. The number of aliphatic hydroxyl groups is 2. The first-order chi connectivity index (χ1) is 11.6. The molecule has 0 aliphatic carbocycles. The number of aliphatic carboxylic acids is 6. The molecule has 0 aromatic heterocycles. The van der Waals surface area contributed by atoms with Crippen LogP contribution in [0.3, 0.4) is 0 Å². The van der Waals surface area contributed by atoms with E-state index in [9.17, 15) is 39.0 Å².